The van der Waals surface area contributed by atoms with Gasteiger partial charge in [-0.2, -0.15) is 0 Å². The molecule has 2 amide bonds. The van der Waals surface area contributed by atoms with Gasteiger partial charge in [0.05, 0.1) is 17.1 Å². The van der Waals surface area contributed by atoms with E-state index in [4.69, 9.17) is 4.74 Å². The van der Waals surface area contributed by atoms with Crippen molar-refractivity contribution in [1.82, 2.24) is 10.6 Å². The largest absolute Gasteiger partial charge is 0.486 e. The lowest BCUT2D eigenvalue weighted by molar-refractivity contribution is 0.0951. The van der Waals surface area contributed by atoms with Crippen LogP contribution in [0.4, 0.5) is 4.39 Å². The van der Waals surface area contributed by atoms with E-state index in [-0.39, 0.29) is 34.8 Å². The van der Waals surface area contributed by atoms with E-state index in [2.05, 4.69) is 10.6 Å². The van der Waals surface area contributed by atoms with Crippen LogP contribution in [0.25, 0.3) is 0 Å². The number of carbonyl (C=O) groups excluding carboxylic acids is 2. The van der Waals surface area contributed by atoms with Crippen LogP contribution in [0.2, 0.25) is 0 Å². The van der Waals surface area contributed by atoms with Crippen molar-refractivity contribution in [3.63, 3.8) is 0 Å². The topological polar surface area (TPSA) is 102 Å². The van der Waals surface area contributed by atoms with Crippen LogP contribution >= 0.6 is 0 Å². The summed E-state index contributed by atoms with van der Waals surface area (Å²) in [5, 5.41) is 5.37. The molecule has 1 aromatic rings. The highest BCUT2D eigenvalue weighted by Gasteiger charge is 2.35. The standard InChI is InChI=1S/C20H27FN2O5S/c1-12-15-9-14(10-16(20(25)22-2)18(15)28-17(12)11-21)19(24)23-6-3-13-4-7-29(26,27)8-5-13/h9-10,12-13,17H,3-8,11H2,1-2H3,(H,22,25)(H,23,24)/t12-,17+/m0/s1. The van der Waals surface area contributed by atoms with Crippen molar-refractivity contribution in [3.05, 3.63) is 28.8 Å². The average molecular weight is 427 g/mol. The second kappa shape index (κ2) is 8.69. The quantitative estimate of drug-likeness (QED) is 0.723. The molecule has 1 fully saturated rings. The third-order valence-corrected chi connectivity index (χ3v) is 7.55. The summed E-state index contributed by atoms with van der Waals surface area (Å²) >= 11 is 0. The summed E-state index contributed by atoms with van der Waals surface area (Å²) in [6.45, 7) is 1.55. The summed E-state index contributed by atoms with van der Waals surface area (Å²) in [6.07, 6.45) is 1.28. The highest BCUT2D eigenvalue weighted by Crippen LogP contribution is 2.41. The van der Waals surface area contributed by atoms with E-state index < -0.39 is 28.5 Å². The Labute approximate surface area is 170 Å². The Morgan fingerprint density at radius 3 is 2.52 bits per heavy atom. The molecule has 2 aliphatic rings. The summed E-state index contributed by atoms with van der Waals surface area (Å²) in [7, 11) is -1.41. The zero-order chi connectivity index (χ0) is 21.2. The molecule has 2 N–H and O–H groups in total. The fraction of sp³-hybridized carbons (Fsp3) is 0.600. The van der Waals surface area contributed by atoms with Gasteiger partial charge in [-0.15, -0.1) is 0 Å². The molecular weight excluding hydrogens is 399 g/mol. The molecule has 0 radical (unpaired) electrons. The predicted octanol–water partition coefficient (Wildman–Crippen LogP) is 1.82. The van der Waals surface area contributed by atoms with Crippen LogP contribution in [-0.4, -0.2) is 58.1 Å². The molecule has 1 aromatic carbocycles. The number of ether oxygens (including phenoxy) is 1. The second-order valence-corrected chi connectivity index (χ2v) is 10.1. The molecule has 3 rings (SSSR count). The molecule has 9 heteroatoms. The van der Waals surface area contributed by atoms with Gasteiger partial charge in [-0.05, 0) is 37.3 Å². The predicted molar refractivity (Wildman–Crippen MR) is 107 cm³/mol. The Hall–Kier alpha value is -2.16. The van der Waals surface area contributed by atoms with Crippen LogP contribution in [0, 0.1) is 5.92 Å². The molecule has 160 valence electrons. The number of rotatable bonds is 6. The van der Waals surface area contributed by atoms with Crippen molar-refractivity contribution in [1.29, 1.82) is 0 Å². The molecule has 2 heterocycles. The number of halogens is 1. The first-order valence-corrected chi connectivity index (χ1v) is 11.7. The first kappa shape index (κ1) is 21.5. The van der Waals surface area contributed by atoms with Gasteiger partial charge in [0.25, 0.3) is 11.8 Å². The summed E-state index contributed by atoms with van der Waals surface area (Å²) in [5.74, 6) is 0.0381. The second-order valence-electron chi connectivity index (χ2n) is 7.76. The molecule has 1 saturated heterocycles. The van der Waals surface area contributed by atoms with Crippen molar-refractivity contribution >= 4 is 21.7 Å². The van der Waals surface area contributed by atoms with Gasteiger partial charge in [0.2, 0.25) is 0 Å². The fourth-order valence-electron chi connectivity index (χ4n) is 3.89. The Morgan fingerprint density at radius 1 is 1.21 bits per heavy atom. The normalized spacial score (nSPS) is 23.1. The first-order valence-electron chi connectivity index (χ1n) is 9.87. The van der Waals surface area contributed by atoms with Crippen LogP contribution in [0.1, 0.15) is 58.4 Å². The summed E-state index contributed by atoms with van der Waals surface area (Å²) in [4.78, 5) is 24.9. The smallest absolute Gasteiger partial charge is 0.254 e. The molecule has 0 spiro atoms. The Balaban J connectivity index is 1.69. The van der Waals surface area contributed by atoms with E-state index in [0.29, 0.717) is 42.7 Å². The van der Waals surface area contributed by atoms with Gasteiger partial charge in [-0.1, -0.05) is 6.92 Å². The van der Waals surface area contributed by atoms with E-state index in [9.17, 15) is 22.4 Å². The zero-order valence-corrected chi connectivity index (χ0v) is 17.5. The maximum atomic E-state index is 13.2. The van der Waals surface area contributed by atoms with Gasteiger partial charge in [-0.25, -0.2) is 12.8 Å². The zero-order valence-electron chi connectivity index (χ0n) is 16.7. The van der Waals surface area contributed by atoms with Gasteiger partial charge < -0.3 is 15.4 Å². The molecule has 0 aromatic heterocycles. The third kappa shape index (κ3) is 4.71. The SMILES string of the molecule is CNC(=O)c1cc(C(=O)NCCC2CCS(=O)(=O)CC2)cc2c1O[C@H](CF)[C@H]2C. The van der Waals surface area contributed by atoms with Crippen LogP contribution in [0.3, 0.4) is 0 Å². The van der Waals surface area contributed by atoms with Crippen LogP contribution in [-0.2, 0) is 9.84 Å². The van der Waals surface area contributed by atoms with Gasteiger partial charge >= 0.3 is 0 Å². The fourth-order valence-corrected chi connectivity index (χ4v) is 5.48. The number of fused-ring (bicyclic) bond motifs is 1. The molecule has 29 heavy (non-hydrogen) atoms. The number of benzene rings is 1. The summed E-state index contributed by atoms with van der Waals surface area (Å²) in [6, 6.07) is 3.12. The number of nitrogens with one attached hydrogen (secondary N) is 2. The highest BCUT2D eigenvalue weighted by atomic mass is 32.2. The highest BCUT2D eigenvalue weighted by molar-refractivity contribution is 7.91. The number of carbonyl (C=O) groups is 2. The Bertz CT molecular complexity index is 888. The number of sulfone groups is 1. The molecule has 0 unspecified atom stereocenters. The average Bonchev–Trinajstić information content (AvgIpc) is 3.03. The van der Waals surface area contributed by atoms with E-state index in [1.165, 1.54) is 13.1 Å². The number of hydrogen-bond donors (Lipinski definition) is 2. The van der Waals surface area contributed by atoms with Crippen LogP contribution in [0.5, 0.6) is 5.75 Å². The maximum Gasteiger partial charge on any atom is 0.254 e. The van der Waals surface area contributed by atoms with Gasteiger partial charge in [-0.3, -0.25) is 9.59 Å². The van der Waals surface area contributed by atoms with Gasteiger partial charge in [0, 0.05) is 30.6 Å². The minimum atomic E-state index is -2.90. The lowest BCUT2D eigenvalue weighted by Gasteiger charge is -2.21. The first-order chi connectivity index (χ1) is 13.8. The molecule has 0 aliphatic carbocycles. The van der Waals surface area contributed by atoms with Crippen molar-refractivity contribution in [2.75, 3.05) is 31.8 Å². The third-order valence-electron chi connectivity index (χ3n) is 5.83. The van der Waals surface area contributed by atoms with Crippen molar-refractivity contribution in [3.8, 4) is 5.75 Å². The monoisotopic (exact) mass is 426 g/mol. The lowest BCUT2D eigenvalue weighted by atomic mass is 9.93. The van der Waals surface area contributed by atoms with Crippen molar-refractivity contribution < 1.29 is 27.1 Å². The van der Waals surface area contributed by atoms with Gasteiger partial charge in [0.15, 0.2) is 0 Å². The molecular formula is C20H27FN2O5S. The molecule has 0 bridgehead atoms. The summed E-state index contributed by atoms with van der Waals surface area (Å²) in [5.41, 5.74) is 1.19. The lowest BCUT2D eigenvalue weighted by Crippen LogP contribution is -2.29. The van der Waals surface area contributed by atoms with E-state index in [1.807, 2.05) is 6.92 Å². The Morgan fingerprint density at radius 2 is 1.90 bits per heavy atom. The number of hydrogen-bond acceptors (Lipinski definition) is 5. The molecule has 2 aliphatic heterocycles. The van der Waals surface area contributed by atoms with Gasteiger partial charge in [0.1, 0.15) is 28.4 Å². The minimum Gasteiger partial charge on any atom is -0.486 e. The maximum absolute atomic E-state index is 13.2. The number of amides is 2. The minimum absolute atomic E-state index is 0.208. The molecule has 2 atom stereocenters. The van der Waals surface area contributed by atoms with Crippen molar-refractivity contribution in [2.45, 2.75) is 38.2 Å². The Kier molecular flexibility index (Phi) is 6.45. The number of alkyl halides is 1. The van der Waals surface area contributed by atoms with Crippen LogP contribution < -0.4 is 15.4 Å². The van der Waals surface area contributed by atoms with Crippen LogP contribution in [0.15, 0.2) is 12.1 Å². The molecule has 0 saturated carbocycles. The van der Waals surface area contributed by atoms with Crippen molar-refractivity contribution in [2.24, 2.45) is 5.92 Å². The summed E-state index contributed by atoms with van der Waals surface area (Å²) < 4.78 is 41.9. The van der Waals surface area contributed by atoms with E-state index in [0.717, 1.165) is 0 Å². The molecule has 7 nitrogen and oxygen atoms in total. The van der Waals surface area contributed by atoms with E-state index >= 15 is 0 Å². The van der Waals surface area contributed by atoms with E-state index in [1.54, 1.807) is 6.07 Å².